The molecule has 64 heavy (non-hydrogen) atoms. The second-order valence-corrected chi connectivity index (χ2v) is 16.7. The lowest BCUT2D eigenvalue weighted by atomic mass is 9.82. The van der Waals surface area contributed by atoms with Gasteiger partial charge >= 0.3 is 0 Å². The van der Waals surface area contributed by atoms with E-state index in [1.807, 2.05) is 0 Å². The van der Waals surface area contributed by atoms with Crippen LogP contribution < -0.4 is 0 Å². The van der Waals surface area contributed by atoms with Crippen LogP contribution in [-0.2, 0) is 0 Å². The summed E-state index contributed by atoms with van der Waals surface area (Å²) in [6, 6.07) is 90.7. The summed E-state index contributed by atoms with van der Waals surface area (Å²) in [5.41, 5.74) is 17.3. The van der Waals surface area contributed by atoms with E-state index in [9.17, 15) is 0 Å². The normalized spacial score (nSPS) is 11.4. The van der Waals surface area contributed by atoms with Crippen LogP contribution in [0.15, 0.2) is 249 Å². The van der Waals surface area contributed by atoms with Crippen molar-refractivity contribution in [2.75, 3.05) is 0 Å². The number of pyridine rings is 1. The van der Waals surface area contributed by atoms with Gasteiger partial charge in [0.25, 0.3) is 0 Å². The molecule has 11 aromatic carbocycles. The lowest BCUT2D eigenvalue weighted by Gasteiger charge is -2.21. The van der Waals surface area contributed by atoms with E-state index >= 15 is 0 Å². The summed E-state index contributed by atoms with van der Waals surface area (Å²) in [6.07, 6.45) is 0. The summed E-state index contributed by atoms with van der Waals surface area (Å²) in [4.78, 5) is 5.42. The molecule has 0 radical (unpaired) electrons. The van der Waals surface area contributed by atoms with Crippen molar-refractivity contribution in [1.29, 1.82) is 0 Å². The lowest BCUT2D eigenvalue weighted by molar-refractivity contribution is 1.42. The van der Waals surface area contributed by atoms with Crippen molar-refractivity contribution in [3.63, 3.8) is 0 Å². The molecular formula is C63H41N. The number of nitrogens with zero attached hydrogens (tertiary/aromatic N) is 1. The highest BCUT2D eigenvalue weighted by Gasteiger charge is 2.21. The van der Waals surface area contributed by atoms with Crippen LogP contribution >= 0.6 is 0 Å². The topological polar surface area (TPSA) is 12.9 Å². The van der Waals surface area contributed by atoms with Crippen LogP contribution in [0.5, 0.6) is 0 Å². The average molecular weight is 812 g/mol. The third-order valence-electron chi connectivity index (χ3n) is 12.8. The minimum Gasteiger partial charge on any atom is -0.247 e. The SMILES string of the molecule is c1ccc(-c2cc(-c3ccccc3)cc(-c3c4ccccc4c(-c4cc(-c5ccccc5)cc(-c5ccccc5)c4)c4cc(-c5ccc6ccc7ccccc7c6n5)ccc34)c2)cc1. The van der Waals surface area contributed by atoms with E-state index < -0.39 is 0 Å². The zero-order chi connectivity index (χ0) is 42.4. The second-order valence-electron chi connectivity index (χ2n) is 16.7. The van der Waals surface area contributed by atoms with Crippen LogP contribution in [0, 0.1) is 0 Å². The van der Waals surface area contributed by atoms with Gasteiger partial charge in [0.2, 0.25) is 0 Å². The fraction of sp³-hybridized carbons (Fsp3) is 0. The highest BCUT2D eigenvalue weighted by atomic mass is 14.7. The smallest absolute Gasteiger partial charge is 0.0787 e. The third kappa shape index (κ3) is 6.72. The number of hydrogen-bond acceptors (Lipinski definition) is 1. The van der Waals surface area contributed by atoms with E-state index in [1.165, 1.54) is 93.7 Å². The minimum atomic E-state index is 0.951. The van der Waals surface area contributed by atoms with Gasteiger partial charge in [-0.1, -0.05) is 200 Å². The number of rotatable bonds is 7. The molecule has 0 amide bonds. The van der Waals surface area contributed by atoms with E-state index in [4.69, 9.17) is 4.98 Å². The molecule has 0 unspecified atom stereocenters. The molecule has 1 nitrogen and oxygen atoms in total. The Morgan fingerprint density at radius 1 is 0.203 bits per heavy atom. The van der Waals surface area contributed by atoms with Crippen molar-refractivity contribution in [1.82, 2.24) is 4.98 Å². The van der Waals surface area contributed by atoms with E-state index in [0.717, 1.165) is 27.5 Å². The number of benzene rings is 11. The molecule has 298 valence electrons. The van der Waals surface area contributed by atoms with Crippen LogP contribution in [0.4, 0.5) is 0 Å². The first-order chi connectivity index (χ1) is 31.7. The Bertz CT molecular complexity index is 3570. The molecule has 1 heterocycles. The fourth-order valence-corrected chi connectivity index (χ4v) is 9.71. The van der Waals surface area contributed by atoms with Gasteiger partial charge in [-0.3, -0.25) is 0 Å². The Hall–Kier alpha value is -8.39. The maximum atomic E-state index is 5.42. The van der Waals surface area contributed by atoms with Gasteiger partial charge in [0.1, 0.15) is 0 Å². The molecule has 0 aliphatic carbocycles. The van der Waals surface area contributed by atoms with Crippen molar-refractivity contribution in [2.45, 2.75) is 0 Å². The van der Waals surface area contributed by atoms with Crippen LogP contribution in [0.25, 0.3) is 121 Å². The lowest BCUT2D eigenvalue weighted by Crippen LogP contribution is -1.94. The van der Waals surface area contributed by atoms with Gasteiger partial charge in [0.05, 0.1) is 11.2 Å². The molecule has 0 aliphatic heterocycles. The molecule has 0 spiro atoms. The standard InChI is InChI=1S/C63H41N/c1-5-17-42(18-6-1)49-35-50(43-19-7-2-8-20-43)38-53(37-49)61-56-27-15-16-28-57(56)62(54-39-51(44-21-9-3-10-22-44)36-52(40-54)45-23-11-4-12-24-45)59-41-48(31-33-58(59)61)60-34-32-47-30-29-46-25-13-14-26-55(46)63(47)64-60/h1-41H. The van der Waals surface area contributed by atoms with Crippen LogP contribution in [0.2, 0.25) is 0 Å². The molecule has 0 atom stereocenters. The number of hydrogen-bond donors (Lipinski definition) is 0. The highest BCUT2D eigenvalue weighted by Crippen LogP contribution is 2.47. The van der Waals surface area contributed by atoms with E-state index in [1.54, 1.807) is 0 Å². The first-order valence-electron chi connectivity index (χ1n) is 22.0. The summed E-state index contributed by atoms with van der Waals surface area (Å²) in [5, 5.41) is 8.28. The van der Waals surface area contributed by atoms with Gasteiger partial charge in [0.15, 0.2) is 0 Å². The summed E-state index contributed by atoms with van der Waals surface area (Å²) in [7, 11) is 0. The molecule has 0 N–H and O–H groups in total. The van der Waals surface area contributed by atoms with Crippen molar-refractivity contribution in [3.05, 3.63) is 249 Å². The average Bonchev–Trinajstić information content (AvgIpc) is 3.38. The summed E-state index contributed by atoms with van der Waals surface area (Å²) in [6.45, 7) is 0. The Morgan fingerprint density at radius 3 is 1.08 bits per heavy atom. The van der Waals surface area contributed by atoms with Crippen molar-refractivity contribution in [2.24, 2.45) is 0 Å². The van der Waals surface area contributed by atoms with Gasteiger partial charge in [-0.2, -0.15) is 0 Å². The van der Waals surface area contributed by atoms with Gasteiger partial charge in [-0.15, -0.1) is 0 Å². The Kier molecular flexibility index (Phi) is 9.24. The number of aromatic nitrogens is 1. The zero-order valence-corrected chi connectivity index (χ0v) is 35.1. The minimum absolute atomic E-state index is 0.951. The van der Waals surface area contributed by atoms with E-state index in [2.05, 4.69) is 249 Å². The van der Waals surface area contributed by atoms with Crippen molar-refractivity contribution < 1.29 is 0 Å². The van der Waals surface area contributed by atoms with E-state index in [-0.39, 0.29) is 0 Å². The molecule has 0 aliphatic rings. The highest BCUT2D eigenvalue weighted by molar-refractivity contribution is 6.22. The van der Waals surface area contributed by atoms with Crippen LogP contribution in [0.1, 0.15) is 0 Å². The zero-order valence-electron chi connectivity index (χ0n) is 35.1. The molecule has 0 fully saturated rings. The Labute approximate surface area is 373 Å². The Balaban J connectivity index is 1.19. The van der Waals surface area contributed by atoms with E-state index in [0.29, 0.717) is 0 Å². The summed E-state index contributed by atoms with van der Waals surface area (Å²) < 4.78 is 0. The van der Waals surface area contributed by atoms with Gasteiger partial charge in [-0.05, 0) is 142 Å². The molecular weight excluding hydrogens is 771 g/mol. The maximum absolute atomic E-state index is 5.42. The predicted octanol–water partition coefficient (Wildman–Crippen LogP) is 17.4. The van der Waals surface area contributed by atoms with Crippen molar-refractivity contribution >= 4 is 43.2 Å². The predicted molar refractivity (Wildman–Crippen MR) is 272 cm³/mol. The summed E-state index contributed by atoms with van der Waals surface area (Å²) >= 11 is 0. The number of fused-ring (bicyclic) bond motifs is 5. The second kappa shape index (κ2) is 15.8. The molecule has 12 rings (SSSR count). The van der Waals surface area contributed by atoms with Crippen LogP contribution in [0.3, 0.4) is 0 Å². The molecule has 0 bridgehead atoms. The first kappa shape index (κ1) is 37.4. The third-order valence-corrected chi connectivity index (χ3v) is 12.8. The molecule has 0 saturated heterocycles. The summed E-state index contributed by atoms with van der Waals surface area (Å²) in [5.74, 6) is 0. The van der Waals surface area contributed by atoms with Gasteiger partial charge in [-0.25, -0.2) is 4.98 Å². The first-order valence-corrected chi connectivity index (χ1v) is 22.0. The van der Waals surface area contributed by atoms with Crippen LogP contribution in [-0.4, -0.2) is 4.98 Å². The van der Waals surface area contributed by atoms with Gasteiger partial charge < -0.3 is 0 Å². The fourth-order valence-electron chi connectivity index (χ4n) is 9.71. The monoisotopic (exact) mass is 811 g/mol. The van der Waals surface area contributed by atoms with Gasteiger partial charge in [0, 0.05) is 16.3 Å². The Morgan fingerprint density at radius 2 is 0.578 bits per heavy atom. The molecule has 1 aromatic heterocycles. The largest absolute Gasteiger partial charge is 0.247 e. The maximum Gasteiger partial charge on any atom is 0.0787 e. The molecule has 12 aromatic rings. The van der Waals surface area contributed by atoms with Crippen molar-refractivity contribution in [3.8, 4) is 78.0 Å². The molecule has 0 saturated carbocycles. The molecule has 1 heteroatoms. The quantitative estimate of drug-likeness (QED) is 0.115.